The first-order valence-corrected chi connectivity index (χ1v) is 11.8. The van der Waals surface area contributed by atoms with E-state index >= 15 is 0 Å². The van der Waals surface area contributed by atoms with Crippen LogP contribution in [0.2, 0.25) is 0 Å². The number of carboxylic acids is 1. The topological polar surface area (TPSA) is 68.2 Å². The predicted molar refractivity (Wildman–Crippen MR) is 131 cm³/mol. The molecule has 3 aromatic rings. The molecular formula is C28H28F3NO5. The maximum atomic E-state index is 13.6. The molecule has 1 N–H and O–H groups in total. The van der Waals surface area contributed by atoms with Gasteiger partial charge in [-0.05, 0) is 53.8 Å². The van der Waals surface area contributed by atoms with Crippen molar-refractivity contribution in [2.24, 2.45) is 0 Å². The number of hydrogen-bond acceptors (Lipinski definition) is 5. The van der Waals surface area contributed by atoms with Gasteiger partial charge in [0.2, 0.25) is 5.75 Å². The van der Waals surface area contributed by atoms with Gasteiger partial charge in [0, 0.05) is 6.54 Å². The number of benzene rings is 3. The van der Waals surface area contributed by atoms with Crippen molar-refractivity contribution in [3.8, 4) is 17.2 Å². The summed E-state index contributed by atoms with van der Waals surface area (Å²) < 4.78 is 57.9. The Kier molecular flexibility index (Phi) is 7.92. The first kappa shape index (κ1) is 26.3. The Morgan fingerprint density at radius 3 is 2.27 bits per heavy atom. The third kappa shape index (κ3) is 5.83. The molecule has 6 nitrogen and oxygen atoms in total. The van der Waals surface area contributed by atoms with Gasteiger partial charge < -0.3 is 19.3 Å². The summed E-state index contributed by atoms with van der Waals surface area (Å²) in [5.74, 6) is -0.0190. The van der Waals surface area contributed by atoms with Crippen LogP contribution >= 0.6 is 0 Å². The number of alkyl halides is 3. The van der Waals surface area contributed by atoms with Crippen LogP contribution in [0.3, 0.4) is 0 Å². The van der Waals surface area contributed by atoms with Crippen molar-refractivity contribution in [2.75, 3.05) is 20.8 Å². The molecule has 3 aromatic carbocycles. The zero-order chi connectivity index (χ0) is 26.6. The Bertz CT molecular complexity index is 1210. The summed E-state index contributed by atoms with van der Waals surface area (Å²) in [4.78, 5) is 13.8. The Labute approximate surface area is 213 Å². The largest absolute Gasteiger partial charge is 0.493 e. The number of carbonyl (C=O) groups is 1. The molecule has 0 saturated carbocycles. The highest BCUT2D eigenvalue weighted by Crippen LogP contribution is 2.45. The summed E-state index contributed by atoms with van der Waals surface area (Å²) in [6.07, 6.45) is -3.53. The molecule has 2 atom stereocenters. The number of aliphatic carboxylic acids is 1. The number of carboxylic acid groups (broad SMARTS) is 1. The summed E-state index contributed by atoms with van der Waals surface area (Å²) in [6, 6.07) is 16.2. The quantitative estimate of drug-likeness (QED) is 0.381. The smallest absolute Gasteiger partial charge is 0.416 e. The maximum absolute atomic E-state index is 13.6. The van der Waals surface area contributed by atoms with Gasteiger partial charge in [0.25, 0.3) is 0 Å². The molecule has 1 fully saturated rings. The molecule has 0 amide bonds. The second kappa shape index (κ2) is 11.1. The molecule has 196 valence electrons. The van der Waals surface area contributed by atoms with Crippen LogP contribution in [-0.4, -0.2) is 42.8 Å². The lowest BCUT2D eigenvalue weighted by molar-refractivity contribution is -0.143. The molecule has 0 bridgehead atoms. The number of halogens is 3. The molecule has 1 heterocycles. The highest BCUT2D eigenvalue weighted by atomic mass is 19.4. The second-order valence-corrected chi connectivity index (χ2v) is 8.79. The van der Waals surface area contributed by atoms with Gasteiger partial charge >= 0.3 is 12.1 Å². The molecule has 0 aliphatic carbocycles. The van der Waals surface area contributed by atoms with Crippen LogP contribution in [0.5, 0.6) is 17.2 Å². The summed E-state index contributed by atoms with van der Waals surface area (Å²) in [5.41, 5.74) is 0.986. The number of hydrogen-bond donors (Lipinski definition) is 1. The molecule has 0 radical (unpaired) electrons. The van der Waals surface area contributed by atoms with E-state index in [4.69, 9.17) is 14.2 Å². The molecular weight excluding hydrogens is 487 g/mol. The van der Waals surface area contributed by atoms with Crippen LogP contribution < -0.4 is 14.2 Å². The summed E-state index contributed by atoms with van der Waals surface area (Å²) in [5, 5.41) is 9.84. The van der Waals surface area contributed by atoms with Crippen LogP contribution in [0.15, 0.2) is 66.7 Å². The highest BCUT2D eigenvalue weighted by molar-refractivity contribution is 5.74. The minimum atomic E-state index is -4.54. The SMILES string of the molecule is COc1cc(C(c2cccc(C(F)(F)F)c2)N2CCCC2C(=O)O)cc(OC)c1OCc1ccccc1. The van der Waals surface area contributed by atoms with E-state index in [0.717, 1.165) is 17.7 Å². The van der Waals surface area contributed by atoms with Crippen molar-refractivity contribution in [2.45, 2.75) is 37.7 Å². The molecule has 4 rings (SSSR count). The fraction of sp³-hybridized carbons (Fsp3) is 0.321. The lowest BCUT2D eigenvalue weighted by Crippen LogP contribution is -2.39. The number of rotatable bonds is 9. The van der Waals surface area contributed by atoms with Gasteiger partial charge in [0.1, 0.15) is 12.6 Å². The van der Waals surface area contributed by atoms with Crippen molar-refractivity contribution in [3.05, 3.63) is 89.0 Å². The molecule has 37 heavy (non-hydrogen) atoms. The van der Waals surface area contributed by atoms with Gasteiger partial charge in [0.05, 0.1) is 25.8 Å². The van der Waals surface area contributed by atoms with E-state index in [0.29, 0.717) is 47.8 Å². The minimum absolute atomic E-state index is 0.247. The van der Waals surface area contributed by atoms with Gasteiger partial charge in [-0.2, -0.15) is 13.2 Å². The van der Waals surface area contributed by atoms with Crippen molar-refractivity contribution in [1.29, 1.82) is 0 Å². The average molecular weight is 516 g/mol. The summed E-state index contributed by atoms with van der Waals surface area (Å²) in [6.45, 7) is 0.659. The lowest BCUT2D eigenvalue weighted by atomic mass is 9.94. The second-order valence-electron chi connectivity index (χ2n) is 8.79. The van der Waals surface area contributed by atoms with E-state index < -0.39 is 29.8 Å². The molecule has 0 aromatic heterocycles. The fourth-order valence-electron chi connectivity index (χ4n) is 4.75. The first-order chi connectivity index (χ1) is 17.7. The minimum Gasteiger partial charge on any atom is -0.493 e. The Balaban J connectivity index is 1.81. The zero-order valence-corrected chi connectivity index (χ0v) is 20.5. The standard InChI is InChI=1S/C28H28F3NO5/c1-35-23-15-20(16-24(36-2)26(23)37-17-18-8-4-3-5-9-18)25(32-13-7-12-22(32)27(33)34)19-10-6-11-21(14-19)28(29,30)31/h3-6,8-11,14-16,22,25H,7,12-13,17H2,1-2H3,(H,33,34). The fourth-order valence-corrected chi connectivity index (χ4v) is 4.75. The van der Waals surface area contributed by atoms with Crippen LogP contribution in [0.4, 0.5) is 13.2 Å². The summed E-state index contributed by atoms with van der Waals surface area (Å²) in [7, 11) is 2.92. The average Bonchev–Trinajstić information content (AvgIpc) is 3.37. The molecule has 1 aliphatic rings. The van der Waals surface area contributed by atoms with E-state index in [-0.39, 0.29) is 6.61 Å². The van der Waals surface area contributed by atoms with Crippen molar-refractivity contribution < 1.29 is 37.3 Å². The van der Waals surface area contributed by atoms with Crippen LogP contribution in [0, 0.1) is 0 Å². The third-order valence-electron chi connectivity index (χ3n) is 6.47. The van der Waals surface area contributed by atoms with Gasteiger partial charge in [-0.15, -0.1) is 0 Å². The van der Waals surface area contributed by atoms with E-state index in [2.05, 4.69) is 0 Å². The third-order valence-corrected chi connectivity index (χ3v) is 6.47. The van der Waals surface area contributed by atoms with Crippen molar-refractivity contribution >= 4 is 5.97 Å². The molecule has 0 spiro atoms. The van der Waals surface area contributed by atoms with E-state index in [1.54, 1.807) is 23.1 Å². The Morgan fingerprint density at radius 1 is 1.00 bits per heavy atom. The van der Waals surface area contributed by atoms with Crippen molar-refractivity contribution in [1.82, 2.24) is 4.90 Å². The first-order valence-electron chi connectivity index (χ1n) is 11.8. The lowest BCUT2D eigenvalue weighted by Gasteiger charge is -2.33. The van der Waals surface area contributed by atoms with Gasteiger partial charge in [-0.3, -0.25) is 9.69 Å². The summed E-state index contributed by atoms with van der Waals surface area (Å²) >= 11 is 0. The predicted octanol–water partition coefficient (Wildman–Crippen LogP) is 5.94. The molecule has 2 unspecified atom stereocenters. The van der Waals surface area contributed by atoms with Gasteiger partial charge in [-0.25, -0.2) is 0 Å². The van der Waals surface area contributed by atoms with E-state index in [1.807, 2.05) is 30.3 Å². The maximum Gasteiger partial charge on any atom is 0.416 e. The number of methoxy groups -OCH3 is 2. The normalized spacial score (nSPS) is 16.8. The van der Waals surface area contributed by atoms with Crippen LogP contribution in [-0.2, 0) is 17.6 Å². The number of ether oxygens (including phenoxy) is 3. The highest BCUT2D eigenvalue weighted by Gasteiger charge is 2.39. The molecule has 1 aliphatic heterocycles. The van der Waals surface area contributed by atoms with Crippen molar-refractivity contribution in [3.63, 3.8) is 0 Å². The zero-order valence-electron chi connectivity index (χ0n) is 20.5. The Hall–Kier alpha value is -3.72. The molecule has 1 saturated heterocycles. The van der Waals surface area contributed by atoms with E-state index in [1.165, 1.54) is 20.3 Å². The monoisotopic (exact) mass is 515 g/mol. The van der Waals surface area contributed by atoms with Crippen LogP contribution in [0.25, 0.3) is 0 Å². The number of nitrogens with zero attached hydrogens (tertiary/aromatic N) is 1. The Morgan fingerprint density at radius 2 is 1.68 bits per heavy atom. The van der Waals surface area contributed by atoms with Gasteiger partial charge in [-0.1, -0.05) is 42.5 Å². The van der Waals surface area contributed by atoms with E-state index in [9.17, 15) is 23.1 Å². The number of likely N-dealkylation sites (tertiary alicyclic amines) is 1. The van der Waals surface area contributed by atoms with Crippen LogP contribution in [0.1, 0.15) is 41.1 Å². The van der Waals surface area contributed by atoms with Gasteiger partial charge in [0.15, 0.2) is 11.5 Å². The molecule has 9 heteroatoms.